The standard InChI is InChI=1S/C22H14ClN3O4S/c1-11-7-12(2)20-17(8-11)25-21(27)19(31-22(25)24-20)10-14-4-6-18(30-14)15-5-3-13(26(28)29)9-16(15)23/h3-10H,1-2H3. The molecule has 9 heteroatoms. The van der Waals surface area contributed by atoms with Crippen molar-refractivity contribution >= 4 is 50.7 Å². The molecule has 2 aromatic carbocycles. The summed E-state index contributed by atoms with van der Waals surface area (Å²) in [5.74, 6) is 0.930. The van der Waals surface area contributed by atoms with Crippen LogP contribution in [0.4, 0.5) is 5.69 Å². The van der Waals surface area contributed by atoms with Crippen molar-refractivity contribution in [3.8, 4) is 11.3 Å². The average molecular weight is 452 g/mol. The number of nitro groups is 1. The molecule has 0 atom stereocenters. The lowest BCUT2D eigenvalue weighted by Gasteiger charge is -2.00. The molecule has 5 rings (SSSR count). The summed E-state index contributed by atoms with van der Waals surface area (Å²) in [6, 6.07) is 11.6. The monoisotopic (exact) mass is 451 g/mol. The van der Waals surface area contributed by atoms with Crippen LogP contribution in [0.25, 0.3) is 33.4 Å². The summed E-state index contributed by atoms with van der Waals surface area (Å²) in [5, 5.41) is 11.1. The van der Waals surface area contributed by atoms with Crippen LogP contribution in [0.15, 0.2) is 51.7 Å². The van der Waals surface area contributed by atoms with Gasteiger partial charge in [-0.25, -0.2) is 9.38 Å². The highest BCUT2D eigenvalue weighted by molar-refractivity contribution is 7.15. The van der Waals surface area contributed by atoms with Gasteiger partial charge in [0.1, 0.15) is 16.1 Å². The lowest BCUT2D eigenvalue weighted by atomic mass is 10.1. The van der Waals surface area contributed by atoms with E-state index in [1.54, 1.807) is 22.6 Å². The quantitative estimate of drug-likeness (QED) is 0.287. The number of hydrogen-bond acceptors (Lipinski definition) is 6. The Kier molecular flexibility index (Phi) is 4.42. The minimum atomic E-state index is -0.507. The van der Waals surface area contributed by atoms with Gasteiger partial charge in [0.2, 0.25) is 0 Å². The van der Waals surface area contributed by atoms with Crippen molar-refractivity contribution in [3.05, 3.63) is 89.4 Å². The van der Waals surface area contributed by atoms with Crippen LogP contribution in [0.3, 0.4) is 0 Å². The van der Waals surface area contributed by atoms with E-state index in [0.29, 0.717) is 26.6 Å². The third-order valence-corrected chi connectivity index (χ3v) is 6.29. The van der Waals surface area contributed by atoms with Gasteiger partial charge in [0, 0.05) is 23.8 Å². The van der Waals surface area contributed by atoms with E-state index in [4.69, 9.17) is 16.0 Å². The zero-order valence-electron chi connectivity index (χ0n) is 16.4. The zero-order valence-corrected chi connectivity index (χ0v) is 18.0. The van der Waals surface area contributed by atoms with E-state index in [1.807, 2.05) is 26.0 Å². The van der Waals surface area contributed by atoms with E-state index in [1.165, 1.54) is 29.5 Å². The number of fused-ring (bicyclic) bond motifs is 3. The predicted octanol–water partition coefficient (Wildman–Crippen LogP) is 4.90. The van der Waals surface area contributed by atoms with Crippen molar-refractivity contribution in [1.29, 1.82) is 0 Å². The summed E-state index contributed by atoms with van der Waals surface area (Å²) < 4.78 is 7.96. The van der Waals surface area contributed by atoms with Crippen LogP contribution in [-0.4, -0.2) is 14.3 Å². The third kappa shape index (κ3) is 3.20. The average Bonchev–Trinajstić information content (AvgIpc) is 3.38. The first-order valence-electron chi connectivity index (χ1n) is 9.30. The van der Waals surface area contributed by atoms with E-state index < -0.39 is 4.92 Å². The van der Waals surface area contributed by atoms with Gasteiger partial charge in [-0.15, -0.1) is 0 Å². The van der Waals surface area contributed by atoms with E-state index >= 15 is 0 Å². The van der Waals surface area contributed by atoms with E-state index in [0.717, 1.165) is 22.2 Å². The maximum atomic E-state index is 13.0. The van der Waals surface area contributed by atoms with E-state index in [9.17, 15) is 14.9 Å². The molecule has 0 aliphatic carbocycles. The largest absolute Gasteiger partial charge is 0.457 e. The minimum Gasteiger partial charge on any atom is -0.457 e. The molecule has 0 unspecified atom stereocenters. The number of thiazole rings is 1. The first kappa shape index (κ1) is 19.5. The van der Waals surface area contributed by atoms with Crippen LogP contribution < -0.4 is 10.1 Å². The van der Waals surface area contributed by atoms with Gasteiger partial charge in [0.05, 0.1) is 21.0 Å². The fourth-order valence-electron chi connectivity index (χ4n) is 3.63. The molecule has 0 aliphatic rings. The van der Waals surface area contributed by atoms with Crippen LogP contribution in [0, 0.1) is 24.0 Å². The summed E-state index contributed by atoms with van der Waals surface area (Å²) in [7, 11) is 0. The van der Waals surface area contributed by atoms with Crippen LogP contribution in [0.2, 0.25) is 5.02 Å². The van der Waals surface area contributed by atoms with Crippen LogP contribution >= 0.6 is 22.9 Å². The van der Waals surface area contributed by atoms with Gasteiger partial charge in [-0.2, -0.15) is 0 Å². The highest BCUT2D eigenvalue weighted by Crippen LogP contribution is 2.32. The van der Waals surface area contributed by atoms with E-state index in [2.05, 4.69) is 4.98 Å². The van der Waals surface area contributed by atoms with Crippen molar-refractivity contribution in [2.24, 2.45) is 0 Å². The summed E-state index contributed by atoms with van der Waals surface area (Å²) in [4.78, 5) is 28.7. The highest BCUT2D eigenvalue weighted by Gasteiger charge is 2.15. The first-order valence-corrected chi connectivity index (χ1v) is 10.5. The second-order valence-corrected chi connectivity index (χ2v) is 8.63. The van der Waals surface area contributed by atoms with E-state index in [-0.39, 0.29) is 16.3 Å². The van der Waals surface area contributed by atoms with Crippen molar-refractivity contribution in [3.63, 3.8) is 0 Å². The van der Waals surface area contributed by atoms with Crippen molar-refractivity contribution in [1.82, 2.24) is 9.38 Å². The lowest BCUT2D eigenvalue weighted by Crippen LogP contribution is -2.22. The first-order chi connectivity index (χ1) is 14.8. The maximum absolute atomic E-state index is 13.0. The number of hydrogen-bond donors (Lipinski definition) is 0. The molecule has 0 saturated carbocycles. The Morgan fingerprint density at radius 2 is 2.00 bits per heavy atom. The number of benzene rings is 2. The molecule has 0 fully saturated rings. The van der Waals surface area contributed by atoms with Crippen LogP contribution in [-0.2, 0) is 0 Å². The molecule has 0 aliphatic heterocycles. The number of imidazole rings is 1. The normalized spacial score (nSPS) is 12.3. The van der Waals surface area contributed by atoms with Gasteiger partial charge in [-0.05, 0) is 49.2 Å². The fourth-order valence-corrected chi connectivity index (χ4v) is 4.86. The van der Waals surface area contributed by atoms with Gasteiger partial charge in [0.15, 0.2) is 4.96 Å². The number of non-ortho nitro benzene ring substituents is 1. The fraction of sp³-hybridized carbons (Fsp3) is 0.0909. The Balaban J connectivity index is 1.59. The van der Waals surface area contributed by atoms with Crippen LogP contribution in [0.5, 0.6) is 0 Å². The SMILES string of the molecule is Cc1cc(C)c2nc3sc(=Cc4ccc(-c5ccc([N+](=O)[O-])cc5Cl)o4)c(=O)n3c2c1. The summed E-state index contributed by atoms with van der Waals surface area (Å²) in [5.41, 5.74) is 4.01. The van der Waals surface area contributed by atoms with Crippen molar-refractivity contribution < 1.29 is 9.34 Å². The Hall–Kier alpha value is -3.49. The Morgan fingerprint density at radius 1 is 1.19 bits per heavy atom. The molecular weight excluding hydrogens is 438 g/mol. The minimum absolute atomic E-state index is 0.0947. The summed E-state index contributed by atoms with van der Waals surface area (Å²) in [6.07, 6.45) is 1.67. The summed E-state index contributed by atoms with van der Waals surface area (Å²) in [6.45, 7) is 3.97. The molecule has 31 heavy (non-hydrogen) atoms. The Bertz CT molecular complexity index is 1630. The van der Waals surface area contributed by atoms with Gasteiger partial charge in [0.25, 0.3) is 11.2 Å². The van der Waals surface area contributed by atoms with Gasteiger partial charge >= 0.3 is 0 Å². The second kappa shape index (κ2) is 7.04. The molecule has 3 heterocycles. The topological polar surface area (TPSA) is 90.7 Å². The predicted molar refractivity (Wildman–Crippen MR) is 121 cm³/mol. The number of nitrogens with zero attached hydrogens (tertiary/aromatic N) is 3. The Labute approximate surface area is 184 Å². The molecule has 5 aromatic rings. The van der Waals surface area contributed by atoms with Crippen molar-refractivity contribution in [2.45, 2.75) is 13.8 Å². The molecule has 3 aromatic heterocycles. The lowest BCUT2D eigenvalue weighted by molar-refractivity contribution is -0.384. The smallest absolute Gasteiger partial charge is 0.275 e. The molecule has 0 radical (unpaired) electrons. The van der Waals surface area contributed by atoms with Crippen molar-refractivity contribution in [2.75, 3.05) is 0 Å². The zero-order chi connectivity index (χ0) is 21.9. The number of aryl methyl sites for hydroxylation is 2. The number of aromatic nitrogens is 2. The van der Waals surface area contributed by atoms with Gasteiger partial charge in [-0.3, -0.25) is 14.9 Å². The molecule has 0 N–H and O–H groups in total. The second-order valence-electron chi connectivity index (χ2n) is 7.22. The van der Waals surface area contributed by atoms with Crippen LogP contribution in [0.1, 0.15) is 16.9 Å². The number of rotatable bonds is 3. The number of halogens is 1. The molecule has 0 spiro atoms. The number of furan rings is 1. The molecular formula is C22H14ClN3O4S. The summed E-state index contributed by atoms with van der Waals surface area (Å²) >= 11 is 7.48. The third-order valence-electron chi connectivity index (χ3n) is 5.01. The Morgan fingerprint density at radius 3 is 2.74 bits per heavy atom. The highest BCUT2D eigenvalue weighted by atomic mass is 35.5. The molecule has 154 valence electrons. The molecule has 7 nitrogen and oxygen atoms in total. The number of nitro benzene ring substituents is 1. The van der Waals surface area contributed by atoms with Gasteiger partial charge in [-0.1, -0.05) is 29.0 Å². The maximum Gasteiger partial charge on any atom is 0.275 e. The molecule has 0 bridgehead atoms. The van der Waals surface area contributed by atoms with Gasteiger partial charge < -0.3 is 4.42 Å². The molecule has 0 saturated heterocycles. The molecule has 0 amide bonds.